The molecule has 2 aromatic rings. The van der Waals surface area contributed by atoms with Crippen molar-refractivity contribution in [3.8, 4) is 0 Å². The second-order valence-corrected chi connectivity index (χ2v) is 7.00. The van der Waals surface area contributed by atoms with Gasteiger partial charge in [0.2, 0.25) is 0 Å². The quantitative estimate of drug-likeness (QED) is 0.912. The third-order valence-corrected chi connectivity index (χ3v) is 4.90. The van der Waals surface area contributed by atoms with Crippen molar-refractivity contribution < 1.29 is 9.32 Å². The van der Waals surface area contributed by atoms with E-state index < -0.39 is 0 Å². The molecule has 0 radical (unpaired) electrons. The van der Waals surface area contributed by atoms with Crippen LogP contribution < -0.4 is 5.32 Å². The second-order valence-electron chi connectivity index (χ2n) is 7.00. The molecule has 1 saturated carbocycles. The molecule has 4 rings (SSSR count). The van der Waals surface area contributed by atoms with Gasteiger partial charge in [-0.05, 0) is 36.5 Å². The first-order valence-corrected chi connectivity index (χ1v) is 8.58. The number of hydrogen-bond donors (Lipinski definition) is 1. The molecule has 1 aliphatic carbocycles. The lowest BCUT2D eigenvalue weighted by atomic mass is 10.1. The predicted octanol–water partition coefficient (Wildman–Crippen LogP) is 2.20. The van der Waals surface area contributed by atoms with E-state index in [0.717, 1.165) is 38.2 Å². The summed E-state index contributed by atoms with van der Waals surface area (Å²) in [5.41, 5.74) is 1.64. The highest BCUT2D eigenvalue weighted by Crippen LogP contribution is 2.40. The van der Waals surface area contributed by atoms with Gasteiger partial charge in [0.1, 0.15) is 5.76 Å². The van der Waals surface area contributed by atoms with Gasteiger partial charge in [-0.15, -0.1) is 0 Å². The number of amides is 1. The summed E-state index contributed by atoms with van der Waals surface area (Å²) >= 11 is 0. The molecule has 2 aromatic heterocycles. The Morgan fingerprint density at radius 2 is 2.12 bits per heavy atom. The van der Waals surface area contributed by atoms with Crippen LogP contribution in [0.1, 0.15) is 47.5 Å². The van der Waals surface area contributed by atoms with Crippen LogP contribution >= 0.6 is 0 Å². The Morgan fingerprint density at radius 1 is 1.33 bits per heavy atom. The molecule has 1 amide bonds. The fourth-order valence-corrected chi connectivity index (χ4v) is 3.33. The van der Waals surface area contributed by atoms with Gasteiger partial charge in [0, 0.05) is 50.1 Å². The van der Waals surface area contributed by atoms with Crippen molar-refractivity contribution in [1.29, 1.82) is 0 Å². The summed E-state index contributed by atoms with van der Waals surface area (Å²) in [7, 11) is 0. The summed E-state index contributed by atoms with van der Waals surface area (Å²) in [6, 6.07) is 6.00. The first-order valence-electron chi connectivity index (χ1n) is 8.58. The van der Waals surface area contributed by atoms with E-state index >= 15 is 0 Å². The minimum atomic E-state index is -0.131. The average molecular weight is 326 g/mol. The highest BCUT2D eigenvalue weighted by molar-refractivity contribution is 5.92. The molecule has 2 aliphatic rings. The van der Waals surface area contributed by atoms with Crippen molar-refractivity contribution in [2.75, 3.05) is 13.1 Å². The number of carbonyl (C=O) groups excluding carboxylic acids is 1. The highest BCUT2D eigenvalue weighted by Gasteiger charge is 2.32. The van der Waals surface area contributed by atoms with Gasteiger partial charge in [-0.25, -0.2) is 0 Å². The lowest BCUT2D eigenvalue weighted by molar-refractivity contribution is 0.0922. The fourth-order valence-electron chi connectivity index (χ4n) is 3.33. The molecule has 2 fully saturated rings. The normalized spacial score (nSPS) is 24.2. The van der Waals surface area contributed by atoms with E-state index in [1.807, 2.05) is 24.5 Å². The third kappa shape index (κ3) is 3.33. The number of carbonyl (C=O) groups is 1. The summed E-state index contributed by atoms with van der Waals surface area (Å²) < 4.78 is 5.27. The monoisotopic (exact) mass is 326 g/mol. The maximum absolute atomic E-state index is 12.4. The largest absolute Gasteiger partial charge is 0.360 e. The molecule has 6 nitrogen and oxygen atoms in total. The summed E-state index contributed by atoms with van der Waals surface area (Å²) in [4.78, 5) is 18.8. The van der Waals surface area contributed by atoms with Crippen molar-refractivity contribution in [1.82, 2.24) is 20.4 Å². The van der Waals surface area contributed by atoms with Crippen LogP contribution in [0.25, 0.3) is 0 Å². The van der Waals surface area contributed by atoms with Crippen LogP contribution in [0.5, 0.6) is 0 Å². The van der Waals surface area contributed by atoms with Gasteiger partial charge in [-0.1, -0.05) is 12.1 Å². The van der Waals surface area contributed by atoms with E-state index in [-0.39, 0.29) is 11.9 Å². The fraction of sp³-hybridized carbons (Fsp3) is 0.500. The minimum absolute atomic E-state index is 0.131. The van der Waals surface area contributed by atoms with E-state index in [1.54, 1.807) is 6.07 Å². The summed E-state index contributed by atoms with van der Waals surface area (Å²) in [6.45, 7) is 4.88. The van der Waals surface area contributed by atoms with Crippen LogP contribution in [-0.2, 0) is 6.54 Å². The van der Waals surface area contributed by atoms with Gasteiger partial charge in [0.15, 0.2) is 5.69 Å². The maximum atomic E-state index is 12.4. The van der Waals surface area contributed by atoms with E-state index in [4.69, 9.17) is 4.52 Å². The average Bonchev–Trinajstić information content (AvgIpc) is 3.21. The number of nitrogens with one attached hydrogen (secondary N) is 1. The van der Waals surface area contributed by atoms with Gasteiger partial charge in [0.25, 0.3) is 5.91 Å². The zero-order valence-electron chi connectivity index (χ0n) is 13.8. The van der Waals surface area contributed by atoms with Crippen LogP contribution in [0, 0.1) is 5.92 Å². The zero-order chi connectivity index (χ0) is 16.5. The minimum Gasteiger partial charge on any atom is -0.360 e. The maximum Gasteiger partial charge on any atom is 0.273 e. The number of hydrogen-bond acceptors (Lipinski definition) is 5. The smallest absolute Gasteiger partial charge is 0.273 e. The third-order valence-electron chi connectivity index (χ3n) is 4.90. The summed E-state index contributed by atoms with van der Waals surface area (Å²) in [5, 5.41) is 7.04. The SMILES string of the molecule is C[C@@H]1CN(Cc2ccncc2)C[C@H]1NC(=O)c1cc(C2CC2)on1. The number of aromatic nitrogens is 2. The molecule has 24 heavy (non-hydrogen) atoms. The Kier molecular flexibility index (Phi) is 4.06. The standard InChI is InChI=1S/C18H22N4O2/c1-12-9-22(10-13-4-6-19-7-5-13)11-16(12)20-18(23)15-8-17(24-21-15)14-2-3-14/h4-8,12,14,16H,2-3,9-11H2,1H3,(H,20,23)/t12-,16-/m1/s1. The lowest BCUT2D eigenvalue weighted by Gasteiger charge is -2.16. The summed E-state index contributed by atoms with van der Waals surface area (Å²) in [6.07, 6.45) is 5.91. The predicted molar refractivity (Wildman–Crippen MR) is 88.4 cm³/mol. The first kappa shape index (κ1) is 15.3. The molecule has 2 atom stereocenters. The second kappa shape index (κ2) is 6.36. The molecule has 6 heteroatoms. The highest BCUT2D eigenvalue weighted by atomic mass is 16.5. The molecule has 0 aromatic carbocycles. The Bertz CT molecular complexity index is 711. The van der Waals surface area contributed by atoms with E-state index in [0.29, 0.717) is 17.5 Å². The van der Waals surface area contributed by atoms with Gasteiger partial charge in [-0.2, -0.15) is 0 Å². The number of nitrogens with zero attached hydrogens (tertiary/aromatic N) is 3. The summed E-state index contributed by atoms with van der Waals surface area (Å²) in [5.74, 6) is 1.60. The van der Waals surface area contributed by atoms with Crippen molar-refractivity contribution in [2.24, 2.45) is 5.92 Å². The van der Waals surface area contributed by atoms with Crippen LogP contribution in [0.15, 0.2) is 35.1 Å². The Labute approximate surface area is 141 Å². The van der Waals surface area contributed by atoms with Gasteiger partial charge in [-0.3, -0.25) is 14.7 Å². The van der Waals surface area contributed by atoms with Crippen LogP contribution in [0.3, 0.4) is 0 Å². The molecule has 1 N–H and O–H groups in total. The molecule has 1 aliphatic heterocycles. The van der Waals surface area contributed by atoms with Crippen molar-refractivity contribution in [2.45, 2.75) is 38.3 Å². The lowest BCUT2D eigenvalue weighted by Crippen LogP contribution is -2.39. The van der Waals surface area contributed by atoms with E-state index in [1.165, 1.54) is 5.56 Å². The van der Waals surface area contributed by atoms with Crippen molar-refractivity contribution in [3.05, 3.63) is 47.6 Å². The molecule has 1 saturated heterocycles. The Balaban J connectivity index is 1.34. The molecule has 3 heterocycles. The molecule has 0 spiro atoms. The van der Waals surface area contributed by atoms with E-state index in [9.17, 15) is 4.79 Å². The number of pyridine rings is 1. The molecule has 0 unspecified atom stereocenters. The van der Waals surface area contributed by atoms with Gasteiger partial charge >= 0.3 is 0 Å². The Morgan fingerprint density at radius 3 is 2.88 bits per heavy atom. The van der Waals surface area contributed by atoms with Crippen LogP contribution in [-0.4, -0.2) is 40.1 Å². The molecule has 126 valence electrons. The molecular weight excluding hydrogens is 304 g/mol. The van der Waals surface area contributed by atoms with Crippen LogP contribution in [0.4, 0.5) is 0 Å². The first-order chi connectivity index (χ1) is 11.7. The van der Waals surface area contributed by atoms with Crippen molar-refractivity contribution >= 4 is 5.91 Å². The Hall–Kier alpha value is -2.21. The molecular formula is C18H22N4O2. The van der Waals surface area contributed by atoms with Crippen molar-refractivity contribution in [3.63, 3.8) is 0 Å². The zero-order valence-corrected chi connectivity index (χ0v) is 13.8. The number of rotatable bonds is 5. The van der Waals surface area contributed by atoms with Gasteiger partial charge in [0.05, 0.1) is 0 Å². The van der Waals surface area contributed by atoms with Gasteiger partial charge < -0.3 is 9.84 Å². The van der Waals surface area contributed by atoms with E-state index in [2.05, 4.69) is 27.3 Å². The number of likely N-dealkylation sites (tertiary alicyclic amines) is 1. The van der Waals surface area contributed by atoms with Crippen LogP contribution in [0.2, 0.25) is 0 Å². The molecule has 0 bridgehead atoms. The topological polar surface area (TPSA) is 71.3 Å².